The van der Waals surface area contributed by atoms with Crippen LogP contribution in [-0.4, -0.2) is 0 Å². The number of rotatable bonds is 7. The highest BCUT2D eigenvalue weighted by Crippen LogP contribution is 2.35. The first kappa shape index (κ1) is 17.8. The molecule has 2 rings (SSSR count). The Labute approximate surface area is 139 Å². The van der Waals surface area contributed by atoms with E-state index in [1.54, 1.807) is 0 Å². The highest BCUT2D eigenvalue weighted by atomic mass is 14.3. The van der Waals surface area contributed by atoms with E-state index in [9.17, 15) is 0 Å². The third-order valence-electron chi connectivity index (χ3n) is 6.19. The summed E-state index contributed by atoms with van der Waals surface area (Å²) in [4.78, 5) is 0. The first-order valence-corrected chi connectivity index (χ1v) is 10.1. The lowest BCUT2D eigenvalue weighted by molar-refractivity contribution is 0.268. The number of allylic oxidation sites excluding steroid dienone is 4. The molecule has 22 heavy (non-hydrogen) atoms. The highest BCUT2D eigenvalue weighted by molar-refractivity contribution is 4.89. The molecular weight excluding hydrogens is 264 g/mol. The van der Waals surface area contributed by atoms with Gasteiger partial charge in [-0.05, 0) is 88.9 Å². The van der Waals surface area contributed by atoms with Crippen LogP contribution in [0, 0.1) is 23.7 Å². The summed E-state index contributed by atoms with van der Waals surface area (Å²) in [6.07, 6.45) is 27.1. The van der Waals surface area contributed by atoms with Crippen molar-refractivity contribution >= 4 is 0 Å². The van der Waals surface area contributed by atoms with Gasteiger partial charge in [0, 0.05) is 0 Å². The van der Waals surface area contributed by atoms with E-state index in [1.165, 1.54) is 77.0 Å². The van der Waals surface area contributed by atoms with E-state index in [2.05, 4.69) is 38.2 Å². The topological polar surface area (TPSA) is 0 Å². The van der Waals surface area contributed by atoms with Crippen LogP contribution in [0.1, 0.15) is 90.9 Å². The Balaban J connectivity index is 1.50. The average molecular weight is 303 g/mol. The van der Waals surface area contributed by atoms with Crippen molar-refractivity contribution in [3.63, 3.8) is 0 Å². The van der Waals surface area contributed by atoms with Gasteiger partial charge >= 0.3 is 0 Å². The molecule has 0 aliphatic heterocycles. The molecule has 2 fully saturated rings. The summed E-state index contributed by atoms with van der Waals surface area (Å²) >= 11 is 0. The molecule has 0 aromatic rings. The molecule has 0 radical (unpaired) electrons. The average Bonchev–Trinajstić information content (AvgIpc) is 2.55. The Morgan fingerprint density at radius 3 is 1.27 bits per heavy atom. The van der Waals surface area contributed by atoms with Crippen LogP contribution in [-0.2, 0) is 0 Å². The smallest absolute Gasteiger partial charge is 0.0233 e. The quantitative estimate of drug-likeness (QED) is 0.341. The van der Waals surface area contributed by atoms with Crippen molar-refractivity contribution in [3.8, 4) is 0 Å². The summed E-state index contributed by atoms with van der Waals surface area (Å²) < 4.78 is 0. The first-order chi connectivity index (χ1) is 10.8. The van der Waals surface area contributed by atoms with Gasteiger partial charge in [0.1, 0.15) is 0 Å². The third kappa shape index (κ3) is 6.31. The van der Waals surface area contributed by atoms with Crippen LogP contribution in [0.2, 0.25) is 0 Å². The van der Waals surface area contributed by atoms with Crippen LogP contribution >= 0.6 is 0 Å². The third-order valence-corrected chi connectivity index (χ3v) is 6.19. The van der Waals surface area contributed by atoms with Crippen molar-refractivity contribution in [1.82, 2.24) is 0 Å². The van der Waals surface area contributed by atoms with Crippen LogP contribution in [0.25, 0.3) is 0 Å². The Hall–Kier alpha value is -0.520. The predicted octanol–water partition coefficient (Wildman–Crippen LogP) is 7.31. The minimum absolute atomic E-state index is 0.897. The van der Waals surface area contributed by atoms with E-state index in [1.807, 2.05) is 0 Å². The molecule has 2 aliphatic carbocycles. The molecule has 0 amide bonds. The maximum Gasteiger partial charge on any atom is -0.0233 e. The van der Waals surface area contributed by atoms with Crippen molar-refractivity contribution < 1.29 is 0 Å². The van der Waals surface area contributed by atoms with E-state index in [0.717, 1.165) is 23.7 Å². The van der Waals surface area contributed by atoms with E-state index >= 15 is 0 Å². The Morgan fingerprint density at radius 2 is 0.955 bits per heavy atom. The lowest BCUT2D eigenvalue weighted by Crippen LogP contribution is -2.14. The van der Waals surface area contributed by atoms with Crippen LogP contribution in [0.3, 0.4) is 0 Å². The SMILES string of the molecule is C/C=C/C1CCC(CCCC[C@H]2CC[C@H](/C=C/C)CC2)CC1. The molecule has 0 bridgehead atoms. The maximum absolute atomic E-state index is 2.43. The summed E-state index contributed by atoms with van der Waals surface area (Å²) in [6.45, 7) is 4.33. The van der Waals surface area contributed by atoms with Gasteiger partial charge in [-0.1, -0.05) is 50.0 Å². The summed E-state index contributed by atoms with van der Waals surface area (Å²) in [6, 6.07) is 0. The molecule has 0 aromatic carbocycles. The zero-order valence-electron chi connectivity index (χ0n) is 15.1. The fourth-order valence-corrected chi connectivity index (χ4v) is 4.75. The van der Waals surface area contributed by atoms with E-state index < -0.39 is 0 Å². The molecule has 0 nitrogen and oxygen atoms in total. The lowest BCUT2D eigenvalue weighted by atomic mass is 9.78. The Kier molecular flexibility index (Phi) is 8.34. The molecule has 0 spiro atoms. The minimum Gasteiger partial charge on any atom is -0.0914 e. The van der Waals surface area contributed by atoms with Gasteiger partial charge in [-0.15, -0.1) is 0 Å². The largest absolute Gasteiger partial charge is 0.0914 e. The molecule has 0 heterocycles. The van der Waals surface area contributed by atoms with Gasteiger partial charge in [-0.2, -0.15) is 0 Å². The van der Waals surface area contributed by atoms with Crippen molar-refractivity contribution in [2.45, 2.75) is 90.9 Å². The summed E-state index contributed by atoms with van der Waals surface area (Å²) in [5.41, 5.74) is 0. The number of hydrogen-bond donors (Lipinski definition) is 0. The second-order valence-corrected chi connectivity index (χ2v) is 7.90. The van der Waals surface area contributed by atoms with Gasteiger partial charge in [-0.25, -0.2) is 0 Å². The van der Waals surface area contributed by atoms with Gasteiger partial charge in [0.15, 0.2) is 0 Å². The second-order valence-electron chi connectivity index (χ2n) is 7.90. The predicted molar refractivity (Wildman–Crippen MR) is 99.0 cm³/mol. The summed E-state index contributed by atoms with van der Waals surface area (Å²) in [7, 11) is 0. The van der Waals surface area contributed by atoms with Gasteiger partial charge in [0.2, 0.25) is 0 Å². The van der Waals surface area contributed by atoms with E-state index in [0.29, 0.717) is 0 Å². The van der Waals surface area contributed by atoms with Gasteiger partial charge < -0.3 is 0 Å². The molecule has 0 aromatic heterocycles. The standard InChI is InChI=1S/C22H38/c1-3-7-19-11-15-21(16-12-19)9-5-6-10-22-17-13-20(8-4-2)14-18-22/h3-4,7-8,19-22H,5-6,9-18H2,1-2H3/b7-3+,8-4+/t19-,20?,21-,22?. The zero-order valence-corrected chi connectivity index (χ0v) is 15.1. The molecule has 0 atom stereocenters. The first-order valence-electron chi connectivity index (χ1n) is 10.1. The molecule has 0 saturated heterocycles. The molecule has 0 unspecified atom stereocenters. The molecule has 2 aliphatic rings. The Bertz CT molecular complexity index is 288. The van der Waals surface area contributed by atoms with Crippen molar-refractivity contribution in [2.24, 2.45) is 23.7 Å². The van der Waals surface area contributed by atoms with Crippen LogP contribution < -0.4 is 0 Å². The van der Waals surface area contributed by atoms with Gasteiger partial charge in [0.25, 0.3) is 0 Å². The van der Waals surface area contributed by atoms with Gasteiger partial charge in [-0.3, -0.25) is 0 Å². The van der Waals surface area contributed by atoms with Crippen molar-refractivity contribution in [2.75, 3.05) is 0 Å². The Morgan fingerprint density at radius 1 is 0.591 bits per heavy atom. The van der Waals surface area contributed by atoms with Crippen LogP contribution in [0.5, 0.6) is 0 Å². The molecule has 126 valence electrons. The fraction of sp³-hybridized carbons (Fsp3) is 0.818. The van der Waals surface area contributed by atoms with Crippen LogP contribution in [0.4, 0.5) is 0 Å². The maximum atomic E-state index is 2.43. The monoisotopic (exact) mass is 302 g/mol. The summed E-state index contributed by atoms with van der Waals surface area (Å²) in [5.74, 6) is 3.89. The molecule has 0 heteroatoms. The summed E-state index contributed by atoms with van der Waals surface area (Å²) in [5, 5.41) is 0. The van der Waals surface area contributed by atoms with Crippen LogP contribution in [0.15, 0.2) is 24.3 Å². The van der Waals surface area contributed by atoms with Crippen molar-refractivity contribution in [1.29, 1.82) is 0 Å². The second kappa shape index (κ2) is 10.3. The lowest BCUT2D eigenvalue weighted by Gasteiger charge is -2.28. The minimum atomic E-state index is 0.897. The fourth-order valence-electron chi connectivity index (χ4n) is 4.75. The highest BCUT2D eigenvalue weighted by Gasteiger charge is 2.20. The zero-order chi connectivity index (χ0) is 15.6. The number of unbranched alkanes of at least 4 members (excludes halogenated alkanes) is 1. The van der Waals surface area contributed by atoms with Crippen molar-refractivity contribution in [3.05, 3.63) is 24.3 Å². The van der Waals surface area contributed by atoms with E-state index in [4.69, 9.17) is 0 Å². The molecule has 0 N–H and O–H groups in total. The van der Waals surface area contributed by atoms with E-state index in [-0.39, 0.29) is 0 Å². The normalized spacial score (nSPS) is 33.7. The molecule has 2 saturated carbocycles. The van der Waals surface area contributed by atoms with Gasteiger partial charge in [0.05, 0.1) is 0 Å². The number of hydrogen-bond acceptors (Lipinski definition) is 0. The molecular formula is C22H38.